The smallest absolute Gasteiger partial charge is 0.305 e. The Balaban J connectivity index is 2.30. The number of hydrogen-bond donors (Lipinski definition) is 2. The Morgan fingerprint density at radius 1 is 1.24 bits per heavy atom. The number of para-hydroxylation sites is 1. The molecule has 1 rings (SSSR count). The first-order valence-electron chi connectivity index (χ1n) is 8.54. The molecule has 138 valence electrons. The molecule has 0 spiro atoms. The van der Waals surface area contributed by atoms with E-state index >= 15 is 0 Å². The van der Waals surface area contributed by atoms with E-state index in [9.17, 15) is 4.79 Å². The predicted octanol–water partition coefficient (Wildman–Crippen LogP) is 2.65. The van der Waals surface area contributed by atoms with Gasteiger partial charge >= 0.3 is 5.97 Å². The van der Waals surface area contributed by atoms with Crippen molar-refractivity contribution in [1.82, 2.24) is 10.6 Å². The molecule has 0 aliphatic heterocycles. The van der Waals surface area contributed by atoms with Crippen molar-refractivity contribution in [1.29, 1.82) is 0 Å². The summed E-state index contributed by atoms with van der Waals surface area (Å²) < 4.78 is 10.3. The summed E-state index contributed by atoms with van der Waals surface area (Å²) in [5, 5.41) is 6.55. The fourth-order valence-corrected chi connectivity index (χ4v) is 2.22. The molecule has 0 fully saturated rings. The summed E-state index contributed by atoms with van der Waals surface area (Å²) in [6.45, 7) is 5.57. The molecule has 0 heterocycles. The molecule has 0 aliphatic rings. The van der Waals surface area contributed by atoms with Crippen LogP contribution in [-0.4, -0.2) is 39.2 Å². The molecule has 6 nitrogen and oxygen atoms in total. The predicted molar refractivity (Wildman–Crippen MR) is 101 cm³/mol. The van der Waals surface area contributed by atoms with E-state index in [0.717, 1.165) is 43.1 Å². The molecule has 0 saturated heterocycles. The van der Waals surface area contributed by atoms with Gasteiger partial charge in [0.1, 0.15) is 12.4 Å². The summed E-state index contributed by atoms with van der Waals surface area (Å²) in [4.78, 5) is 15.2. The number of unbranched alkanes of at least 4 members (excludes halogenated alkanes) is 2. The third kappa shape index (κ3) is 8.79. The molecule has 2 N–H and O–H groups in total. The van der Waals surface area contributed by atoms with Crippen LogP contribution < -0.4 is 15.4 Å². The largest absolute Gasteiger partial charge is 0.489 e. The lowest BCUT2D eigenvalue weighted by Crippen LogP contribution is -2.37. The van der Waals surface area contributed by atoms with Gasteiger partial charge in [-0.3, -0.25) is 9.79 Å². The van der Waals surface area contributed by atoms with Crippen molar-refractivity contribution in [3.05, 3.63) is 42.5 Å². The number of benzene rings is 1. The van der Waals surface area contributed by atoms with Crippen molar-refractivity contribution in [2.45, 2.75) is 32.2 Å². The summed E-state index contributed by atoms with van der Waals surface area (Å²) in [7, 11) is 3.16. The fraction of sp³-hybridized carbons (Fsp3) is 0.474. The second-order valence-corrected chi connectivity index (χ2v) is 5.45. The number of carbonyl (C=O) groups is 1. The molecule has 0 radical (unpaired) electrons. The van der Waals surface area contributed by atoms with Crippen molar-refractivity contribution in [3.63, 3.8) is 0 Å². The normalized spacial score (nSPS) is 10.9. The Morgan fingerprint density at radius 2 is 2.04 bits per heavy atom. The van der Waals surface area contributed by atoms with Crippen LogP contribution in [0.15, 0.2) is 41.9 Å². The molecular formula is C19H29N3O3. The van der Waals surface area contributed by atoms with Crippen molar-refractivity contribution >= 4 is 11.9 Å². The van der Waals surface area contributed by atoms with E-state index in [2.05, 4.69) is 26.9 Å². The van der Waals surface area contributed by atoms with Gasteiger partial charge in [0.2, 0.25) is 0 Å². The van der Waals surface area contributed by atoms with Crippen LogP contribution in [0.5, 0.6) is 5.75 Å². The number of hydrogen-bond acceptors (Lipinski definition) is 4. The van der Waals surface area contributed by atoms with Crippen molar-refractivity contribution in [2.75, 3.05) is 27.3 Å². The molecule has 0 aliphatic carbocycles. The van der Waals surface area contributed by atoms with Crippen molar-refractivity contribution < 1.29 is 14.3 Å². The highest BCUT2D eigenvalue weighted by molar-refractivity contribution is 5.79. The topological polar surface area (TPSA) is 72.0 Å². The average Bonchev–Trinajstić information content (AvgIpc) is 2.65. The van der Waals surface area contributed by atoms with Crippen molar-refractivity contribution in [2.24, 2.45) is 4.99 Å². The van der Waals surface area contributed by atoms with Crippen LogP contribution in [0.2, 0.25) is 0 Å². The number of methoxy groups -OCH3 is 1. The van der Waals surface area contributed by atoms with Gasteiger partial charge in [0, 0.05) is 32.1 Å². The molecule has 0 bridgehead atoms. The molecule has 6 heteroatoms. The van der Waals surface area contributed by atoms with Crippen LogP contribution in [-0.2, 0) is 16.1 Å². The Hall–Kier alpha value is -2.50. The van der Waals surface area contributed by atoms with Crippen LogP contribution >= 0.6 is 0 Å². The summed E-state index contributed by atoms with van der Waals surface area (Å²) in [6.07, 6.45) is 4.98. The Morgan fingerprint density at radius 3 is 2.76 bits per heavy atom. The number of carbonyl (C=O) groups excluding carboxylic acids is 1. The lowest BCUT2D eigenvalue weighted by molar-refractivity contribution is -0.140. The average molecular weight is 347 g/mol. The molecule has 0 aromatic heterocycles. The standard InChI is InChI=1S/C19H29N3O3/c1-4-14-25-17-11-8-7-10-16(17)15-22-19(20-2)21-13-9-5-6-12-18(23)24-3/h4,7-8,10-11H,1,5-6,9,12-15H2,2-3H3,(H2,20,21,22). The Labute approximate surface area is 150 Å². The molecule has 1 aromatic rings. The van der Waals surface area contributed by atoms with E-state index in [4.69, 9.17) is 4.74 Å². The van der Waals surface area contributed by atoms with Crippen LogP contribution in [0.4, 0.5) is 0 Å². The number of ether oxygens (including phenoxy) is 2. The molecule has 0 amide bonds. The summed E-state index contributed by atoms with van der Waals surface area (Å²) in [5.74, 6) is 1.43. The van der Waals surface area contributed by atoms with E-state index < -0.39 is 0 Å². The molecule has 1 aromatic carbocycles. The highest BCUT2D eigenvalue weighted by atomic mass is 16.5. The van der Waals surface area contributed by atoms with Crippen LogP contribution in [0.1, 0.15) is 31.2 Å². The number of nitrogens with one attached hydrogen (secondary N) is 2. The maximum absolute atomic E-state index is 11.0. The molecule has 25 heavy (non-hydrogen) atoms. The third-order valence-electron chi connectivity index (χ3n) is 3.58. The lowest BCUT2D eigenvalue weighted by atomic mass is 10.2. The minimum absolute atomic E-state index is 0.150. The maximum Gasteiger partial charge on any atom is 0.305 e. The Kier molecular flexibility index (Phi) is 10.6. The molecule has 0 saturated carbocycles. The minimum atomic E-state index is -0.150. The summed E-state index contributed by atoms with van der Waals surface area (Å²) in [6, 6.07) is 7.89. The number of guanidine groups is 1. The minimum Gasteiger partial charge on any atom is -0.489 e. The van der Waals surface area contributed by atoms with Gasteiger partial charge in [-0.2, -0.15) is 0 Å². The van der Waals surface area contributed by atoms with Gasteiger partial charge in [0.25, 0.3) is 0 Å². The lowest BCUT2D eigenvalue weighted by Gasteiger charge is -2.14. The number of aliphatic imine (C=N–C) groups is 1. The SMILES string of the molecule is C=CCOc1ccccc1CNC(=NC)NCCCCCC(=O)OC. The monoisotopic (exact) mass is 347 g/mol. The quantitative estimate of drug-likeness (QED) is 0.212. The highest BCUT2D eigenvalue weighted by Crippen LogP contribution is 2.17. The zero-order valence-corrected chi connectivity index (χ0v) is 15.2. The van der Waals surface area contributed by atoms with Gasteiger partial charge in [-0.15, -0.1) is 0 Å². The maximum atomic E-state index is 11.0. The van der Waals surface area contributed by atoms with Gasteiger partial charge in [-0.25, -0.2) is 0 Å². The zero-order valence-electron chi connectivity index (χ0n) is 15.2. The fourth-order valence-electron chi connectivity index (χ4n) is 2.22. The summed E-state index contributed by atoms with van der Waals surface area (Å²) >= 11 is 0. The molecule has 0 unspecified atom stereocenters. The zero-order chi connectivity index (χ0) is 18.3. The van der Waals surface area contributed by atoms with Gasteiger partial charge in [-0.1, -0.05) is 37.3 Å². The van der Waals surface area contributed by atoms with E-state index in [-0.39, 0.29) is 5.97 Å². The van der Waals surface area contributed by atoms with E-state index in [1.165, 1.54) is 7.11 Å². The third-order valence-corrected chi connectivity index (χ3v) is 3.58. The molecular weight excluding hydrogens is 318 g/mol. The van der Waals surface area contributed by atoms with E-state index in [1.807, 2.05) is 24.3 Å². The summed E-state index contributed by atoms with van der Waals surface area (Å²) in [5.41, 5.74) is 1.06. The Bertz CT molecular complexity index is 559. The first-order chi connectivity index (χ1) is 12.2. The van der Waals surface area contributed by atoms with Gasteiger partial charge < -0.3 is 20.1 Å². The second kappa shape index (κ2) is 12.9. The van der Waals surface area contributed by atoms with Gasteiger partial charge in [0.05, 0.1) is 7.11 Å². The van der Waals surface area contributed by atoms with E-state index in [1.54, 1.807) is 13.1 Å². The number of rotatable bonds is 11. The van der Waals surface area contributed by atoms with Gasteiger partial charge in [0.15, 0.2) is 5.96 Å². The first kappa shape index (κ1) is 20.5. The van der Waals surface area contributed by atoms with Crippen LogP contribution in [0.25, 0.3) is 0 Å². The first-order valence-corrected chi connectivity index (χ1v) is 8.54. The van der Waals surface area contributed by atoms with E-state index in [0.29, 0.717) is 19.6 Å². The van der Waals surface area contributed by atoms with Crippen molar-refractivity contribution in [3.8, 4) is 5.75 Å². The van der Waals surface area contributed by atoms with Gasteiger partial charge in [-0.05, 0) is 18.9 Å². The number of esters is 1. The number of nitrogens with zero attached hydrogens (tertiary/aromatic N) is 1. The highest BCUT2D eigenvalue weighted by Gasteiger charge is 2.04. The second-order valence-electron chi connectivity index (χ2n) is 5.45. The van der Waals surface area contributed by atoms with Crippen LogP contribution in [0.3, 0.4) is 0 Å². The van der Waals surface area contributed by atoms with Crippen LogP contribution in [0, 0.1) is 0 Å². The molecule has 0 atom stereocenters.